The Morgan fingerprint density at radius 1 is 1.33 bits per heavy atom. The molecule has 4 rings (SSSR count). The van der Waals surface area contributed by atoms with E-state index in [-0.39, 0.29) is 5.56 Å². The second-order valence-electron chi connectivity index (χ2n) is 6.64. The average molecular weight is 390 g/mol. The molecular formula is C18H20ClN5O3. The quantitative estimate of drug-likeness (QED) is 0.710. The summed E-state index contributed by atoms with van der Waals surface area (Å²) in [5, 5.41) is 15.6. The van der Waals surface area contributed by atoms with Crippen LogP contribution in [0.25, 0.3) is 16.7 Å². The van der Waals surface area contributed by atoms with Crippen molar-refractivity contribution in [1.82, 2.24) is 19.7 Å². The van der Waals surface area contributed by atoms with Gasteiger partial charge in [0.25, 0.3) is 5.56 Å². The first-order valence-electron chi connectivity index (χ1n) is 8.75. The lowest BCUT2D eigenvalue weighted by atomic mass is 10.0. The monoisotopic (exact) mass is 389 g/mol. The van der Waals surface area contributed by atoms with Gasteiger partial charge >= 0.3 is 0 Å². The molecule has 1 unspecified atom stereocenters. The molecule has 1 aromatic carbocycles. The van der Waals surface area contributed by atoms with Gasteiger partial charge < -0.3 is 14.7 Å². The molecule has 0 amide bonds. The van der Waals surface area contributed by atoms with Crippen molar-refractivity contribution in [3.05, 3.63) is 44.8 Å². The van der Waals surface area contributed by atoms with E-state index < -0.39 is 6.10 Å². The zero-order chi connectivity index (χ0) is 19.1. The minimum atomic E-state index is -0.736. The van der Waals surface area contributed by atoms with Gasteiger partial charge in [-0.3, -0.25) is 9.78 Å². The van der Waals surface area contributed by atoms with Crippen LogP contribution in [0, 0.1) is 6.92 Å². The third-order valence-electron chi connectivity index (χ3n) is 4.66. The highest BCUT2D eigenvalue weighted by Gasteiger charge is 2.19. The van der Waals surface area contributed by atoms with Crippen molar-refractivity contribution in [2.45, 2.75) is 20.0 Å². The zero-order valence-electron chi connectivity index (χ0n) is 15.1. The Morgan fingerprint density at radius 2 is 2.07 bits per heavy atom. The largest absolute Gasteiger partial charge is 0.389 e. The molecule has 8 nitrogen and oxygen atoms in total. The van der Waals surface area contributed by atoms with E-state index >= 15 is 0 Å². The summed E-state index contributed by atoms with van der Waals surface area (Å²) in [6.07, 6.45) is 0.895. The van der Waals surface area contributed by atoms with Gasteiger partial charge in [-0.1, -0.05) is 11.6 Å². The molecule has 27 heavy (non-hydrogen) atoms. The number of anilines is 1. The molecule has 1 saturated heterocycles. The highest BCUT2D eigenvalue weighted by Crippen LogP contribution is 2.29. The third kappa shape index (κ3) is 3.31. The summed E-state index contributed by atoms with van der Waals surface area (Å²) >= 11 is 6.14. The number of aromatic amines is 1. The first-order chi connectivity index (χ1) is 12.9. The minimum absolute atomic E-state index is 0.252. The maximum Gasteiger partial charge on any atom is 0.263 e. The number of aliphatic hydroxyl groups excluding tert-OH is 1. The summed E-state index contributed by atoms with van der Waals surface area (Å²) in [5.41, 5.74) is 2.28. The first kappa shape index (κ1) is 18.0. The molecular weight excluding hydrogens is 370 g/mol. The summed E-state index contributed by atoms with van der Waals surface area (Å²) in [6, 6.07) is 3.50. The van der Waals surface area contributed by atoms with Crippen molar-refractivity contribution in [3.8, 4) is 5.69 Å². The molecule has 3 heterocycles. The van der Waals surface area contributed by atoms with E-state index in [0.29, 0.717) is 59.6 Å². The number of aromatic nitrogens is 4. The van der Waals surface area contributed by atoms with Crippen molar-refractivity contribution in [2.24, 2.45) is 0 Å². The van der Waals surface area contributed by atoms with Crippen LogP contribution < -0.4 is 10.5 Å². The van der Waals surface area contributed by atoms with Crippen LogP contribution in [0.2, 0.25) is 5.02 Å². The van der Waals surface area contributed by atoms with Crippen LogP contribution in [0.15, 0.2) is 23.1 Å². The number of fused-ring (bicyclic) bond motifs is 1. The highest BCUT2D eigenvalue weighted by atomic mass is 35.5. The maximum absolute atomic E-state index is 12.6. The fourth-order valence-corrected chi connectivity index (χ4v) is 3.62. The number of hydrogen-bond donors (Lipinski definition) is 2. The summed E-state index contributed by atoms with van der Waals surface area (Å²) in [7, 11) is 0. The number of aryl methyl sites for hydroxylation is 1. The number of morpholine rings is 1. The van der Waals surface area contributed by atoms with Crippen molar-refractivity contribution >= 4 is 28.6 Å². The molecule has 0 saturated carbocycles. The number of halogens is 1. The second-order valence-corrected chi connectivity index (χ2v) is 7.07. The molecule has 1 aliphatic rings. The van der Waals surface area contributed by atoms with Gasteiger partial charge in [-0.05, 0) is 31.5 Å². The molecule has 1 fully saturated rings. The zero-order valence-corrected chi connectivity index (χ0v) is 15.8. The van der Waals surface area contributed by atoms with Gasteiger partial charge in [0, 0.05) is 29.9 Å². The van der Waals surface area contributed by atoms with E-state index in [1.165, 1.54) is 0 Å². The molecule has 0 spiro atoms. The summed E-state index contributed by atoms with van der Waals surface area (Å²) in [4.78, 5) is 21.9. The molecule has 142 valence electrons. The summed E-state index contributed by atoms with van der Waals surface area (Å²) < 4.78 is 6.93. The van der Waals surface area contributed by atoms with Crippen molar-refractivity contribution in [3.63, 3.8) is 0 Å². The molecule has 0 bridgehead atoms. The van der Waals surface area contributed by atoms with Gasteiger partial charge in [-0.2, -0.15) is 4.98 Å². The van der Waals surface area contributed by atoms with Crippen LogP contribution in [-0.4, -0.2) is 51.2 Å². The second kappa shape index (κ2) is 6.95. The van der Waals surface area contributed by atoms with E-state index in [1.807, 2.05) is 11.8 Å². The Labute approximate surface area is 160 Å². The van der Waals surface area contributed by atoms with Gasteiger partial charge in [0.15, 0.2) is 5.65 Å². The molecule has 1 aliphatic heterocycles. The third-order valence-corrected chi connectivity index (χ3v) is 4.88. The van der Waals surface area contributed by atoms with Crippen molar-refractivity contribution in [2.75, 3.05) is 31.2 Å². The number of rotatable bonds is 3. The lowest BCUT2D eigenvalue weighted by molar-refractivity contribution is 0.122. The number of nitrogens with zero attached hydrogens (tertiary/aromatic N) is 4. The first-order valence-corrected chi connectivity index (χ1v) is 9.12. The highest BCUT2D eigenvalue weighted by molar-refractivity contribution is 6.30. The minimum Gasteiger partial charge on any atom is -0.389 e. The van der Waals surface area contributed by atoms with E-state index in [0.717, 1.165) is 5.56 Å². The molecule has 9 heteroatoms. The number of ether oxygens (including phenoxy) is 1. The Kier molecular flexibility index (Phi) is 4.63. The fraction of sp³-hybridized carbons (Fsp3) is 0.389. The van der Waals surface area contributed by atoms with Crippen LogP contribution in [0.1, 0.15) is 24.2 Å². The van der Waals surface area contributed by atoms with Gasteiger partial charge in [-0.15, -0.1) is 5.10 Å². The number of benzene rings is 1. The normalized spacial score (nSPS) is 16.1. The van der Waals surface area contributed by atoms with Crippen molar-refractivity contribution < 1.29 is 9.84 Å². The number of H-pyrrole nitrogens is 1. The lowest BCUT2D eigenvalue weighted by Gasteiger charge is -2.26. The summed E-state index contributed by atoms with van der Waals surface area (Å²) in [5.74, 6) is 0.490. The maximum atomic E-state index is 12.6. The van der Waals surface area contributed by atoms with Crippen LogP contribution in [0.3, 0.4) is 0 Å². The van der Waals surface area contributed by atoms with E-state index in [9.17, 15) is 9.90 Å². The average Bonchev–Trinajstić information content (AvgIpc) is 3.06. The van der Waals surface area contributed by atoms with Crippen LogP contribution in [0.4, 0.5) is 5.95 Å². The fourth-order valence-electron chi connectivity index (χ4n) is 3.34. The Hall–Kier alpha value is -2.42. The number of hydrogen-bond acceptors (Lipinski definition) is 6. The van der Waals surface area contributed by atoms with E-state index in [2.05, 4.69) is 15.1 Å². The Bertz CT molecular complexity index is 1050. The van der Waals surface area contributed by atoms with Crippen LogP contribution in [0.5, 0.6) is 0 Å². The Balaban J connectivity index is 1.85. The molecule has 2 N–H and O–H groups in total. The molecule has 2 aromatic heterocycles. The SMILES string of the molecule is Cc1cc(Cl)cc(C(C)O)c1-n1cc2c(=O)[nH]c(N3CCOCC3)nc2n1. The molecule has 0 aliphatic carbocycles. The topological polar surface area (TPSA) is 96.3 Å². The Morgan fingerprint density at radius 3 is 2.78 bits per heavy atom. The van der Waals surface area contributed by atoms with E-state index in [4.69, 9.17) is 16.3 Å². The lowest BCUT2D eigenvalue weighted by Crippen LogP contribution is -2.38. The van der Waals surface area contributed by atoms with Crippen LogP contribution in [-0.2, 0) is 4.74 Å². The van der Waals surface area contributed by atoms with Gasteiger partial charge in [0.2, 0.25) is 5.95 Å². The van der Waals surface area contributed by atoms with Crippen molar-refractivity contribution in [1.29, 1.82) is 0 Å². The number of aliphatic hydroxyl groups is 1. The van der Waals surface area contributed by atoms with Gasteiger partial charge in [0.05, 0.1) is 25.0 Å². The van der Waals surface area contributed by atoms with E-state index in [1.54, 1.807) is 29.9 Å². The predicted octanol–water partition coefficient (Wildman–Crippen LogP) is 1.96. The van der Waals surface area contributed by atoms with Crippen LogP contribution >= 0.6 is 11.6 Å². The van der Waals surface area contributed by atoms with Gasteiger partial charge in [0.1, 0.15) is 5.39 Å². The van der Waals surface area contributed by atoms with Gasteiger partial charge in [-0.25, -0.2) is 4.68 Å². The smallest absolute Gasteiger partial charge is 0.263 e. The molecule has 0 radical (unpaired) electrons. The molecule has 1 atom stereocenters. The standard InChI is InChI=1S/C18H20ClN5O3/c1-10-7-12(19)8-13(11(2)25)15(10)24-9-14-16(22-24)20-18(21-17(14)26)23-3-5-27-6-4-23/h7-9,11,25H,3-6H2,1-2H3,(H,20,21,22,26). The number of nitrogens with one attached hydrogen (secondary N) is 1. The predicted molar refractivity (Wildman–Crippen MR) is 103 cm³/mol. The summed E-state index contributed by atoms with van der Waals surface area (Å²) in [6.45, 7) is 6.07. The molecule has 3 aromatic rings.